The lowest BCUT2D eigenvalue weighted by Gasteiger charge is -2.34. The molecule has 2 atom stereocenters. The van der Waals surface area contributed by atoms with Crippen LogP contribution in [-0.4, -0.2) is 71.8 Å². The first-order valence-electron chi connectivity index (χ1n) is 7.04. The summed E-state index contributed by atoms with van der Waals surface area (Å²) in [6.45, 7) is 5.59. The standard InChI is InChI=1S/C13H23N3O4/c1-10(18)16-6-4-15(5-7-16)3-2-11-8-13(11,9-17)20-12(14)19/h11,17H,2-9H2,1H3,(H2,14,19)/t11-,13+/m1/s1. The normalized spacial score (nSPS) is 30.1. The Morgan fingerprint density at radius 3 is 2.50 bits per heavy atom. The van der Waals surface area contributed by atoms with Gasteiger partial charge in [-0.3, -0.25) is 9.69 Å². The van der Waals surface area contributed by atoms with Crippen molar-refractivity contribution in [3.05, 3.63) is 0 Å². The van der Waals surface area contributed by atoms with E-state index < -0.39 is 11.7 Å². The van der Waals surface area contributed by atoms with Crippen molar-refractivity contribution >= 4 is 12.0 Å². The summed E-state index contributed by atoms with van der Waals surface area (Å²) in [6, 6.07) is 0. The second kappa shape index (κ2) is 5.97. The number of piperazine rings is 1. The molecule has 2 fully saturated rings. The van der Waals surface area contributed by atoms with E-state index in [4.69, 9.17) is 10.5 Å². The van der Waals surface area contributed by atoms with E-state index in [1.165, 1.54) is 0 Å². The molecule has 20 heavy (non-hydrogen) atoms. The lowest BCUT2D eigenvalue weighted by atomic mass is 10.2. The average molecular weight is 285 g/mol. The van der Waals surface area contributed by atoms with Crippen LogP contribution in [0.15, 0.2) is 0 Å². The maximum atomic E-state index is 11.2. The molecule has 1 aliphatic heterocycles. The maximum absolute atomic E-state index is 11.2. The Morgan fingerprint density at radius 1 is 1.35 bits per heavy atom. The molecule has 0 radical (unpaired) electrons. The van der Waals surface area contributed by atoms with E-state index in [1.54, 1.807) is 6.92 Å². The summed E-state index contributed by atoms with van der Waals surface area (Å²) >= 11 is 0. The number of aliphatic hydroxyl groups is 1. The zero-order chi connectivity index (χ0) is 14.8. The predicted octanol–water partition coefficient (Wildman–Crippen LogP) is -0.613. The fourth-order valence-electron chi connectivity index (χ4n) is 2.90. The predicted molar refractivity (Wildman–Crippen MR) is 71.9 cm³/mol. The highest BCUT2D eigenvalue weighted by Crippen LogP contribution is 2.48. The fourth-order valence-corrected chi connectivity index (χ4v) is 2.90. The Bertz CT molecular complexity index is 382. The summed E-state index contributed by atoms with van der Waals surface area (Å²) in [5.41, 5.74) is 4.28. The molecule has 7 heteroatoms. The first-order valence-corrected chi connectivity index (χ1v) is 7.04. The minimum atomic E-state index is -0.823. The van der Waals surface area contributed by atoms with Gasteiger partial charge in [0.05, 0.1) is 6.61 Å². The van der Waals surface area contributed by atoms with Crippen LogP contribution in [0, 0.1) is 5.92 Å². The van der Waals surface area contributed by atoms with Crippen LogP contribution in [-0.2, 0) is 9.53 Å². The van der Waals surface area contributed by atoms with E-state index in [0.29, 0.717) is 6.42 Å². The Hall–Kier alpha value is -1.34. The van der Waals surface area contributed by atoms with E-state index in [-0.39, 0.29) is 18.4 Å². The number of carbonyl (C=O) groups excluding carboxylic acids is 2. The van der Waals surface area contributed by atoms with Gasteiger partial charge in [0.1, 0.15) is 5.60 Å². The van der Waals surface area contributed by atoms with Crippen molar-refractivity contribution in [2.75, 3.05) is 39.3 Å². The van der Waals surface area contributed by atoms with Crippen molar-refractivity contribution in [2.45, 2.75) is 25.4 Å². The Labute approximate surface area is 118 Å². The highest BCUT2D eigenvalue weighted by molar-refractivity contribution is 5.73. The van der Waals surface area contributed by atoms with Crippen molar-refractivity contribution in [1.29, 1.82) is 0 Å². The van der Waals surface area contributed by atoms with Gasteiger partial charge in [-0.25, -0.2) is 4.79 Å². The second-order valence-corrected chi connectivity index (χ2v) is 5.68. The maximum Gasteiger partial charge on any atom is 0.405 e. The van der Waals surface area contributed by atoms with Crippen molar-refractivity contribution in [3.63, 3.8) is 0 Å². The Kier molecular flexibility index (Phi) is 4.49. The number of ether oxygens (including phenoxy) is 1. The number of rotatable bonds is 5. The molecular weight excluding hydrogens is 262 g/mol. The van der Waals surface area contributed by atoms with Gasteiger partial charge in [-0.05, 0) is 19.4 Å². The molecule has 114 valence electrons. The summed E-state index contributed by atoms with van der Waals surface area (Å²) in [6.07, 6.45) is 0.727. The molecule has 3 N–H and O–H groups in total. The highest BCUT2D eigenvalue weighted by atomic mass is 16.6. The second-order valence-electron chi connectivity index (χ2n) is 5.68. The van der Waals surface area contributed by atoms with Gasteiger partial charge in [-0.1, -0.05) is 0 Å². The molecule has 0 spiro atoms. The van der Waals surface area contributed by atoms with Crippen molar-refractivity contribution in [3.8, 4) is 0 Å². The van der Waals surface area contributed by atoms with Crippen LogP contribution >= 0.6 is 0 Å². The zero-order valence-corrected chi connectivity index (χ0v) is 11.9. The number of nitrogens with zero attached hydrogens (tertiary/aromatic N) is 2. The lowest BCUT2D eigenvalue weighted by molar-refractivity contribution is -0.130. The quantitative estimate of drug-likeness (QED) is 0.702. The first kappa shape index (κ1) is 15.1. The number of primary amides is 1. The SMILES string of the molecule is CC(=O)N1CCN(CC[C@@H]2C[C@@]2(CO)OC(N)=O)CC1. The van der Waals surface area contributed by atoms with Crippen molar-refractivity contribution < 1.29 is 19.4 Å². The fraction of sp³-hybridized carbons (Fsp3) is 0.846. The molecule has 2 aliphatic rings. The van der Waals surface area contributed by atoms with Crippen LogP contribution in [0.2, 0.25) is 0 Å². The number of aliphatic hydroxyl groups excluding tert-OH is 1. The molecule has 0 aromatic rings. The molecular formula is C13H23N3O4. The van der Waals surface area contributed by atoms with Gasteiger partial charge < -0.3 is 20.5 Å². The summed E-state index contributed by atoms with van der Waals surface area (Å²) < 4.78 is 5.02. The minimum Gasteiger partial charge on any atom is -0.440 e. The molecule has 0 aromatic carbocycles. The molecule has 7 nitrogen and oxygen atoms in total. The third-order valence-corrected chi connectivity index (χ3v) is 4.36. The van der Waals surface area contributed by atoms with Gasteiger partial charge >= 0.3 is 6.09 Å². The first-order chi connectivity index (χ1) is 9.47. The minimum absolute atomic E-state index is 0.126. The summed E-state index contributed by atoms with van der Waals surface area (Å²) in [4.78, 5) is 26.2. The van der Waals surface area contributed by atoms with Crippen molar-refractivity contribution in [2.24, 2.45) is 11.7 Å². The summed E-state index contributed by atoms with van der Waals surface area (Å²) in [5.74, 6) is 0.312. The summed E-state index contributed by atoms with van der Waals surface area (Å²) in [5, 5.41) is 9.32. The average Bonchev–Trinajstić information content (AvgIpc) is 3.09. The van der Waals surface area contributed by atoms with E-state index in [9.17, 15) is 14.7 Å². The highest BCUT2D eigenvalue weighted by Gasteiger charge is 2.57. The molecule has 1 saturated heterocycles. The number of hydrogen-bond donors (Lipinski definition) is 2. The monoisotopic (exact) mass is 285 g/mol. The summed E-state index contributed by atoms with van der Waals surface area (Å²) in [7, 11) is 0. The molecule has 1 saturated carbocycles. The van der Waals surface area contributed by atoms with Crippen LogP contribution < -0.4 is 5.73 Å². The van der Waals surface area contributed by atoms with Crippen LogP contribution in [0.25, 0.3) is 0 Å². The van der Waals surface area contributed by atoms with Crippen LogP contribution in [0.5, 0.6) is 0 Å². The van der Waals surface area contributed by atoms with Crippen LogP contribution in [0.1, 0.15) is 19.8 Å². The Morgan fingerprint density at radius 2 is 2.00 bits per heavy atom. The van der Waals surface area contributed by atoms with Gasteiger partial charge in [0, 0.05) is 39.0 Å². The molecule has 2 amide bonds. The van der Waals surface area contributed by atoms with Crippen LogP contribution in [0.3, 0.4) is 0 Å². The number of hydrogen-bond acceptors (Lipinski definition) is 5. The number of nitrogens with two attached hydrogens (primary N) is 1. The molecule has 1 aliphatic carbocycles. The molecule has 0 aromatic heterocycles. The number of carbonyl (C=O) groups is 2. The zero-order valence-electron chi connectivity index (χ0n) is 11.9. The molecule has 2 rings (SSSR count). The molecule has 0 bridgehead atoms. The van der Waals surface area contributed by atoms with Gasteiger partial charge in [-0.15, -0.1) is 0 Å². The van der Waals surface area contributed by atoms with Crippen LogP contribution in [0.4, 0.5) is 4.79 Å². The van der Waals surface area contributed by atoms with E-state index in [0.717, 1.165) is 39.1 Å². The largest absolute Gasteiger partial charge is 0.440 e. The van der Waals surface area contributed by atoms with Gasteiger partial charge in [0.2, 0.25) is 5.91 Å². The lowest BCUT2D eigenvalue weighted by Crippen LogP contribution is -2.48. The van der Waals surface area contributed by atoms with Gasteiger partial charge in [0.25, 0.3) is 0 Å². The molecule has 1 heterocycles. The third-order valence-electron chi connectivity index (χ3n) is 4.36. The van der Waals surface area contributed by atoms with Gasteiger partial charge in [-0.2, -0.15) is 0 Å². The van der Waals surface area contributed by atoms with Crippen molar-refractivity contribution in [1.82, 2.24) is 9.80 Å². The smallest absolute Gasteiger partial charge is 0.405 e. The van der Waals surface area contributed by atoms with Gasteiger partial charge in [0.15, 0.2) is 0 Å². The van der Waals surface area contributed by atoms with E-state index >= 15 is 0 Å². The number of amides is 2. The third kappa shape index (κ3) is 3.40. The van der Waals surface area contributed by atoms with E-state index in [1.807, 2.05) is 4.90 Å². The topological polar surface area (TPSA) is 96.1 Å². The van der Waals surface area contributed by atoms with E-state index in [2.05, 4.69) is 4.90 Å². The molecule has 0 unspecified atom stereocenters. The Balaban J connectivity index is 1.70.